The van der Waals surface area contributed by atoms with Crippen molar-refractivity contribution < 1.29 is 5.11 Å². The van der Waals surface area contributed by atoms with E-state index in [4.69, 9.17) is 10.7 Å². The third kappa shape index (κ3) is 3.94. The molecule has 29 heavy (non-hydrogen) atoms. The molecule has 3 aromatic heterocycles. The molecule has 0 amide bonds. The van der Waals surface area contributed by atoms with E-state index >= 15 is 0 Å². The van der Waals surface area contributed by atoms with Crippen molar-refractivity contribution in [1.82, 2.24) is 19.7 Å². The first-order chi connectivity index (χ1) is 14.0. The number of benzene rings is 1. The van der Waals surface area contributed by atoms with Gasteiger partial charge in [-0.2, -0.15) is 5.10 Å². The summed E-state index contributed by atoms with van der Waals surface area (Å²) < 4.78 is 1.77. The van der Waals surface area contributed by atoms with Gasteiger partial charge in [-0.05, 0) is 43.7 Å². The van der Waals surface area contributed by atoms with Crippen molar-refractivity contribution in [3.8, 4) is 17.1 Å². The van der Waals surface area contributed by atoms with E-state index in [1.54, 1.807) is 16.9 Å². The molecule has 6 nitrogen and oxygen atoms in total. The van der Waals surface area contributed by atoms with Gasteiger partial charge in [0.2, 0.25) is 0 Å². The van der Waals surface area contributed by atoms with Gasteiger partial charge in [0, 0.05) is 10.9 Å². The average molecular weight is 385 g/mol. The molecule has 0 aliphatic heterocycles. The van der Waals surface area contributed by atoms with Crippen LogP contribution in [0.3, 0.4) is 0 Å². The van der Waals surface area contributed by atoms with Crippen LogP contribution in [0.15, 0.2) is 72.9 Å². The number of rotatable bonds is 6. The normalized spacial score (nSPS) is 12.2. The van der Waals surface area contributed by atoms with E-state index in [-0.39, 0.29) is 12.6 Å². The SMILES string of the molecule is C=C(C)CC(N)c1cccc(-c2ccc3cnn(-c4cccc(CO)n4)c3c2)n1. The van der Waals surface area contributed by atoms with Gasteiger partial charge in [0.1, 0.15) is 0 Å². The molecular weight excluding hydrogens is 362 g/mol. The molecule has 1 atom stereocenters. The largest absolute Gasteiger partial charge is 0.390 e. The lowest BCUT2D eigenvalue weighted by atomic mass is 10.0. The van der Waals surface area contributed by atoms with Gasteiger partial charge in [0.05, 0.1) is 41.4 Å². The van der Waals surface area contributed by atoms with Crippen molar-refractivity contribution in [3.63, 3.8) is 0 Å². The summed E-state index contributed by atoms with van der Waals surface area (Å²) in [5.41, 5.74) is 11.5. The number of nitrogens with zero attached hydrogens (tertiary/aromatic N) is 4. The number of fused-ring (bicyclic) bond motifs is 1. The summed E-state index contributed by atoms with van der Waals surface area (Å²) in [6, 6.07) is 17.3. The molecule has 4 rings (SSSR count). The molecule has 0 aliphatic rings. The van der Waals surface area contributed by atoms with Gasteiger partial charge in [-0.3, -0.25) is 4.98 Å². The van der Waals surface area contributed by atoms with Crippen molar-refractivity contribution in [3.05, 3.63) is 84.3 Å². The van der Waals surface area contributed by atoms with E-state index in [1.807, 2.05) is 55.5 Å². The zero-order valence-electron chi connectivity index (χ0n) is 16.3. The first-order valence-electron chi connectivity index (χ1n) is 9.47. The Morgan fingerprint density at radius 1 is 1.14 bits per heavy atom. The van der Waals surface area contributed by atoms with Gasteiger partial charge in [-0.25, -0.2) is 9.67 Å². The van der Waals surface area contributed by atoms with Crippen LogP contribution in [-0.4, -0.2) is 24.9 Å². The molecular formula is C23H23N5O. The van der Waals surface area contributed by atoms with E-state index in [2.05, 4.69) is 16.7 Å². The zero-order chi connectivity index (χ0) is 20.4. The molecule has 0 saturated carbocycles. The summed E-state index contributed by atoms with van der Waals surface area (Å²) in [7, 11) is 0. The first-order valence-corrected chi connectivity index (χ1v) is 9.47. The van der Waals surface area contributed by atoms with Crippen molar-refractivity contribution >= 4 is 10.9 Å². The Morgan fingerprint density at radius 2 is 1.97 bits per heavy atom. The number of pyridine rings is 2. The Hall–Kier alpha value is -3.35. The van der Waals surface area contributed by atoms with Crippen LogP contribution in [0.5, 0.6) is 0 Å². The molecule has 0 bridgehead atoms. The van der Waals surface area contributed by atoms with Crippen LogP contribution in [0, 0.1) is 0 Å². The van der Waals surface area contributed by atoms with Gasteiger partial charge >= 0.3 is 0 Å². The van der Waals surface area contributed by atoms with Crippen molar-refractivity contribution in [1.29, 1.82) is 0 Å². The lowest BCUT2D eigenvalue weighted by molar-refractivity contribution is 0.276. The number of nitrogens with two attached hydrogens (primary N) is 1. The fraction of sp³-hybridized carbons (Fsp3) is 0.174. The van der Waals surface area contributed by atoms with Crippen LogP contribution < -0.4 is 5.73 Å². The second-order valence-electron chi connectivity index (χ2n) is 7.19. The number of aliphatic hydroxyl groups is 1. The molecule has 3 heterocycles. The Morgan fingerprint density at radius 3 is 2.76 bits per heavy atom. The molecule has 1 aromatic carbocycles. The van der Waals surface area contributed by atoms with Crippen LogP contribution in [0.4, 0.5) is 0 Å². The standard InChI is InChI=1S/C23H23N5O/c1-15(2)11-19(24)21-7-4-6-20(27-21)16-9-10-17-13-25-28(22(17)12-16)23-8-3-5-18(14-29)26-23/h3-10,12-13,19,29H,1,11,14,24H2,2H3. The highest BCUT2D eigenvalue weighted by molar-refractivity contribution is 5.84. The number of aromatic nitrogens is 4. The van der Waals surface area contributed by atoms with Gasteiger partial charge in [0.25, 0.3) is 0 Å². The summed E-state index contributed by atoms with van der Waals surface area (Å²) in [6.45, 7) is 5.80. The second kappa shape index (κ2) is 7.95. The fourth-order valence-corrected chi connectivity index (χ4v) is 3.33. The van der Waals surface area contributed by atoms with E-state index in [0.29, 0.717) is 17.9 Å². The summed E-state index contributed by atoms with van der Waals surface area (Å²) in [5, 5.41) is 14.9. The zero-order valence-corrected chi connectivity index (χ0v) is 16.3. The highest BCUT2D eigenvalue weighted by Gasteiger charge is 2.12. The molecule has 4 aromatic rings. The maximum absolute atomic E-state index is 9.37. The second-order valence-corrected chi connectivity index (χ2v) is 7.19. The van der Waals surface area contributed by atoms with E-state index < -0.39 is 0 Å². The van der Waals surface area contributed by atoms with Gasteiger partial charge in [-0.15, -0.1) is 6.58 Å². The Bertz CT molecular complexity index is 1180. The molecule has 6 heteroatoms. The monoisotopic (exact) mass is 385 g/mol. The van der Waals surface area contributed by atoms with Crippen molar-refractivity contribution in [2.45, 2.75) is 26.0 Å². The number of hydrogen-bond donors (Lipinski definition) is 2. The topological polar surface area (TPSA) is 89.8 Å². The van der Waals surface area contributed by atoms with E-state index in [0.717, 1.165) is 33.4 Å². The maximum atomic E-state index is 9.37. The van der Waals surface area contributed by atoms with E-state index in [1.165, 1.54) is 0 Å². The smallest absolute Gasteiger partial charge is 0.154 e. The predicted octanol–water partition coefficient (Wildman–Crippen LogP) is 3.94. The predicted molar refractivity (Wildman–Crippen MR) is 114 cm³/mol. The summed E-state index contributed by atoms with van der Waals surface area (Å²) in [4.78, 5) is 9.23. The minimum absolute atomic E-state index is 0.112. The Labute approximate surface area is 169 Å². The van der Waals surface area contributed by atoms with Gasteiger partial charge in [0.15, 0.2) is 5.82 Å². The lowest BCUT2D eigenvalue weighted by Gasteiger charge is -2.12. The first kappa shape index (κ1) is 19.0. The van der Waals surface area contributed by atoms with Crippen LogP contribution in [0.25, 0.3) is 28.0 Å². The molecule has 0 saturated heterocycles. The fourth-order valence-electron chi connectivity index (χ4n) is 3.33. The molecule has 0 aliphatic carbocycles. The summed E-state index contributed by atoms with van der Waals surface area (Å²) >= 11 is 0. The highest BCUT2D eigenvalue weighted by Crippen LogP contribution is 2.26. The minimum Gasteiger partial charge on any atom is -0.390 e. The molecule has 3 N–H and O–H groups in total. The maximum Gasteiger partial charge on any atom is 0.154 e. The van der Waals surface area contributed by atoms with Crippen LogP contribution in [0.1, 0.15) is 30.8 Å². The van der Waals surface area contributed by atoms with E-state index in [9.17, 15) is 5.11 Å². The molecule has 0 radical (unpaired) electrons. The van der Waals surface area contributed by atoms with Gasteiger partial charge in [-0.1, -0.05) is 29.8 Å². The van der Waals surface area contributed by atoms with Crippen LogP contribution >= 0.6 is 0 Å². The number of aliphatic hydroxyl groups excluding tert-OH is 1. The quantitative estimate of drug-likeness (QED) is 0.491. The summed E-state index contributed by atoms with van der Waals surface area (Å²) in [6.07, 6.45) is 2.51. The molecule has 0 spiro atoms. The lowest BCUT2D eigenvalue weighted by Crippen LogP contribution is -2.12. The third-order valence-electron chi connectivity index (χ3n) is 4.76. The van der Waals surface area contributed by atoms with Crippen LogP contribution in [-0.2, 0) is 6.61 Å². The number of hydrogen-bond acceptors (Lipinski definition) is 5. The van der Waals surface area contributed by atoms with Crippen molar-refractivity contribution in [2.75, 3.05) is 0 Å². The Balaban J connectivity index is 1.75. The van der Waals surface area contributed by atoms with Crippen LogP contribution in [0.2, 0.25) is 0 Å². The third-order valence-corrected chi connectivity index (χ3v) is 4.76. The van der Waals surface area contributed by atoms with Crippen molar-refractivity contribution in [2.24, 2.45) is 5.73 Å². The minimum atomic E-state index is -0.174. The Kier molecular flexibility index (Phi) is 5.20. The molecule has 146 valence electrons. The molecule has 1 unspecified atom stereocenters. The van der Waals surface area contributed by atoms with Gasteiger partial charge < -0.3 is 10.8 Å². The average Bonchev–Trinajstić information content (AvgIpc) is 3.16. The highest BCUT2D eigenvalue weighted by atomic mass is 16.3. The molecule has 0 fully saturated rings. The summed E-state index contributed by atoms with van der Waals surface area (Å²) in [5.74, 6) is 0.661.